The quantitative estimate of drug-likeness (QED) is 0.294. The molecular weight excluding hydrogens is 316 g/mol. The summed E-state index contributed by atoms with van der Waals surface area (Å²) in [6.45, 7) is 0.838. The summed E-state index contributed by atoms with van der Waals surface area (Å²) in [4.78, 5) is 0. The van der Waals surface area contributed by atoms with E-state index in [-0.39, 0.29) is 0 Å². The third kappa shape index (κ3) is 3.66. The summed E-state index contributed by atoms with van der Waals surface area (Å²) in [5, 5.41) is 58.7. The monoisotopic (exact) mass is 340 g/mol. The Morgan fingerprint density at radius 3 is 2.09 bits per heavy atom. The highest BCUT2D eigenvalue weighted by molar-refractivity contribution is 4.94. The van der Waals surface area contributed by atoms with Gasteiger partial charge in [-0.15, -0.1) is 0 Å². The lowest BCUT2D eigenvalue weighted by Gasteiger charge is -2.42. The highest BCUT2D eigenvalue weighted by Gasteiger charge is 2.51. The molecule has 0 aliphatic carbocycles. The predicted molar refractivity (Wildman–Crippen MR) is 72.0 cm³/mol. The number of hydrogen-bond acceptors (Lipinski definition) is 10. The van der Waals surface area contributed by atoms with Crippen LogP contribution < -0.4 is 0 Å². The Hall–Kier alpha value is -0.400. The fraction of sp³-hybridized carbons (Fsp3) is 1.00. The molecule has 0 amide bonds. The van der Waals surface area contributed by atoms with Crippen LogP contribution in [-0.4, -0.2) is 106 Å². The van der Waals surface area contributed by atoms with Crippen molar-refractivity contribution in [2.75, 3.05) is 13.7 Å². The molecule has 0 radical (unpaired) electrons. The second-order valence-corrected chi connectivity index (χ2v) is 5.73. The largest absolute Gasteiger partial charge is 0.394 e. The third-order valence-corrected chi connectivity index (χ3v) is 4.08. The maximum absolute atomic E-state index is 10.1. The van der Waals surface area contributed by atoms with Crippen molar-refractivity contribution >= 4 is 0 Å². The summed E-state index contributed by atoms with van der Waals surface area (Å²) in [7, 11) is 1.27. The van der Waals surface area contributed by atoms with Crippen LogP contribution in [0.3, 0.4) is 0 Å². The molecule has 2 rings (SSSR count). The maximum Gasteiger partial charge on any atom is 0.187 e. The van der Waals surface area contributed by atoms with Gasteiger partial charge in [0.15, 0.2) is 12.6 Å². The van der Waals surface area contributed by atoms with Gasteiger partial charge in [-0.3, -0.25) is 0 Å². The molecule has 1 unspecified atom stereocenters. The van der Waals surface area contributed by atoms with Gasteiger partial charge >= 0.3 is 0 Å². The van der Waals surface area contributed by atoms with Crippen molar-refractivity contribution in [3.63, 3.8) is 0 Å². The molecule has 2 aliphatic rings. The molecule has 0 spiro atoms. The molecule has 10 atom stereocenters. The molecule has 6 N–H and O–H groups in total. The Labute approximate surface area is 132 Å². The topological polar surface area (TPSA) is 158 Å². The fourth-order valence-corrected chi connectivity index (χ4v) is 2.75. The minimum Gasteiger partial charge on any atom is -0.394 e. The van der Waals surface area contributed by atoms with E-state index in [1.807, 2.05) is 0 Å². The highest BCUT2D eigenvalue weighted by atomic mass is 16.7. The Balaban J connectivity index is 2.10. The number of methoxy groups -OCH3 is 1. The Kier molecular flexibility index (Phi) is 6.30. The smallest absolute Gasteiger partial charge is 0.187 e. The summed E-state index contributed by atoms with van der Waals surface area (Å²) in [5.74, 6) is 0. The predicted octanol–water partition coefficient (Wildman–Crippen LogP) is -3.72. The van der Waals surface area contributed by atoms with Gasteiger partial charge in [0, 0.05) is 7.11 Å². The van der Waals surface area contributed by atoms with Crippen LogP contribution in [0.5, 0.6) is 0 Å². The SMILES string of the molecule is CO[C@@H]1O[C@H](CO)[C@H](O)[C@H](O[C@@H]2O[C@H](C(C)O)[C@@H](O)[C@@H]2O)[C@H]1O. The second kappa shape index (κ2) is 7.66. The van der Waals surface area contributed by atoms with Gasteiger partial charge in [-0.1, -0.05) is 0 Å². The van der Waals surface area contributed by atoms with Gasteiger partial charge in [-0.25, -0.2) is 0 Å². The molecule has 2 saturated heterocycles. The van der Waals surface area contributed by atoms with Crippen LogP contribution in [0.2, 0.25) is 0 Å². The fourth-order valence-electron chi connectivity index (χ4n) is 2.75. The molecule has 136 valence electrons. The first kappa shape index (κ1) is 18.9. The van der Waals surface area contributed by atoms with E-state index in [0.717, 1.165) is 0 Å². The molecule has 0 aromatic carbocycles. The van der Waals surface area contributed by atoms with E-state index in [2.05, 4.69) is 0 Å². The van der Waals surface area contributed by atoms with Crippen LogP contribution in [-0.2, 0) is 18.9 Å². The van der Waals surface area contributed by atoms with E-state index in [0.29, 0.717) is 0 Å². The molecule has 2 fully saturated rings. The summed E-state index contributed by atoms with van der Waals surface area (Å²) < 4.78 is 20.7. The van der Waals surface area contributed by atoms with Crippen LogP contribution >= 0.6 is 0 Å². The van der Waals surface area contributed by atoms with Crippen molar-refractivity contribution in [3.8, 4) is 0 Å². The van der Waals surface area contributed by atoms with Gasteiger partial charge in [-0.2, -0.15) is 0 Å². The zero-order valence-electron chi connectivity index (χ0n) is 12.8. The minimum absolute atomic E-state index is 0.541. The van der Waals surface area contributed by atoms with Crippen molar-refractivity contribution < 1.29 is 49.6 Å². The normalized spacial score (nSPS) is 49.3. The first-order chi connectivity index (χ1) is 10.8. The van der Waals surface area contributed by atoms with Gasteiger partial charge in [0.05, 0.1) is 12.7 Å². The van der Waals surface area contributed by atoms with E-state index in [1.165, 1.54) is 14.0 Å². The molecule has 0 aromatic rings. The van der Waals surface area contributed by atoms with Gasteiger partial charge in [0.2, 0.25) is 0 Å². The standard InChI is InChI=1S/C13H24O10/c1-4(15)10-7(17)8(18)13(22-10)23-11-6(16)5(3-14)21-12(20-2)9(11)19/h4-19H,3H2,1-2H3/t4?,5-,6+,7+,8+,9-,10-,11+,12-,13+/m1/s1. The molecule has 23 heavy (non-hydrogen) atoms. The molecule has 0 aromatic heterocycles. The van der Waals surface area contributed by atoms with E-state index in [1.54, 1.807) is 0 Å². The number of hydrogen-bond donors (Lipinski definition) is 6. The average molecular weight is 340 g/mol. The third-order valence-electron chi connectivity index (χ3n) is 4.08. The summed E-state index contributed by atoms with van der Waals surface area (Å²) >= 11 is 0. The lowest BCUT2D eigenvalue weighted by atomic mass is 9.99. The molecule has 2 heterocycles. The zero-order chi connectivity index (χ0) is 17.3. The summed E-state index contributed by atoms with van der Waals surface area (Å²) in [6.07, 6.45) is -12.7. The van der Waals surface area contributed by atoms with Crippen LogP contribution in [0.15, 0.2) is 0 Å². The number of ether oxygens (including phenoxy) is 4. The van der Waals surface area contributed by atoms with Crippen molar-refractivity contribution in [1.82, 2.24) is 0 Å². The minimum atomic E-state index is -1.48. The summed E-state index contributed by atoms with van der Waals surface area (Å²) in [5.41, 5.74) is 0. The van der Waals surface area contributed by atoms with Crippen LogP contribution in [0.25, 0.3) is 0 Å². The Morgan fingerprint density at radius 1 is 0.957 bits per heavy atom. The number of aliphatic hydroxyl groups is 6. The van der Waals surface area contributed by atoms with E-state index < -0.39 is 68.0 Å². The zero-order valence-corrected chi connectivity index (χ0v) is 12.8. The van der Waals surface area contributed by atoms with E-state index in [9.17, 15) is 30.6 Å². The number of rotatable bonds is 5. The Bertz CT molecular complexity index is 364. The van der Waals surface area contributed by atoms with Crippen LogP contribution in [0.1, 0.15) is 6.92 Å². The molecule has 10 nitrogen and oxygen atoms in total. The molecular formula is C13H24O10. The first-order valence-electron chi connectivity index (χ1n) is 7.32. The van der Waals surface area contributed by atoms with Crippen molar-refractivity contribution in [2.45, 2.75) is 68.3 Å². The highest BCUT2D eigenvalue weighted by Crippen LogP contribution is 2.30. The van der Waals surface area contributed by atoms with Gasteiger partial charge in [0.25, 0.3) is 0 Å². The van der Waals surface area contributed by atoms with E-state index in [4.69, 9.17) is 18.9 Å². The molecule has 10 heteroatoms. The lowest BCUT2D eigenvalue weighted by Crippen LogP contribution is -2.61. The van der Waals surface area contributed by atoms with Gasteiger partial charge in [0.1, 0.15) is 42.7 Å². The molecule has 0 bridgehead atoms. The van der Waals surface area contributed by atoms with Crippen molar-refractivity contribution in [1.29, 1.82) is 0 Å². The molecule has 2 aliphatic heterocycles. The van der Waals surface area contributed by atoms with Crippen molar-refractivity contribution in [3.05, 3.63) is 0 Å². The van der Waals surface area contributed by atoms with Crippen LogP contribution in [0.4, 0.5) is 0 Å². The van der Waals surface area contributed by atoms with Gasteiger partial charge in [-0.05, 0) is 6.92 Å². The lowest BCUT2D eigenvalue weighted by molar-refractivity contribution is -0.326. The van der Waals surface area contributed by atoms with Crippen LogP contribution in [0, 0.1) is 0 Å². The first-order valence-corrected chi connectivity index (χ1v) is 7.32. The maximum atomic E-state index is 10.1. The summed E-state index contributed by atoms with van der Waals surface area (Å²) in [6, 6.07) is 0. The van der Waals surface area contributed by atoms with E-state index >= 15 is 0 Å². The van der Waals surface area contributed by atoms with Gasteiger partial charge < -0.3 is 49.6 Å². The number of aliphatic hydroxyl groups excluding tert-OH is 6. The average Bonchev–Trinajstić information content (AvgIpc) is 2.80. The second-order valence-electron chi connectivity index (χ2n) is 5.73. The molecule has 0 saturated carbocycles. The van der Waals surface area contributed by atoms with Crippen molar-refractivity contribution in [2.24, 2.45) is 0 Å². The Morgan fingerprint density at radius 2 is 1.61 bits per heavy atom.